The summed E-state index contributed by atoms with van der Waals surface area (Å²) in [6.45, 7) is 2.95. The molecule has 2 aliphatic rings. The molecule has 1 amide bonds. The van der Waals surface area contributed by atoms with E-state index in [9.17, 15) is 18.0 Å². The van der Waals surface area contributed by atoms with E-state index in [1.807, 2.05) is 6.07 Å². The number of carbonyl (C=O) groups is 1. The highest BCUT2D eigenvalue weighted by molar-refractivity contribution is 5.94. The summed E-state index contributed by atoms with van der Waals surface area (Å²) in [6, 6.07) is 13.5. The molecule has 4 aromatic rings. The van der Waals surface area contributed by atoms with Crippen molar-refractivity contribution in [3.8, 4) is 17.1 Å². The molecule has 2 aromatic heterocycles. The number of hydrogen-bond donors (Lipinski definition) is 2. The number of rotatable bonds is 4. The fourth-order valence-electron chi connectivity index (χ4n) is 5.40. The fraction of sp³-hybridized carbons (Fsp3) is 0.321. The molecule has 10 heteroatoms. The van der Waals surface area contributed by atoms with Gasteiger partial charge in [0.05, 0.1) is 0 Å². The van der Waals surface area contributed by atoms with Gasteiger partial charge in [-0.05, 0) is 84.8 Å². The van der Waals surface area contributed by atoms with E-state index >= 15 is 0 Å². The van der Waals surface area contributed by atoms with Crippen LogP contribution in [0.25, 0.3) is 22.6 Å². The smallest absolute Gasteiger partial charge is 0.406 e. The number of halogens is 3. The van der Waals surface area contributed by atoms with Gasteiger partial charge in [-0.15, -0.1) is 13.2 Å². The van der Waals surface area contributed by atoms with Gasteiger partial charge in [-0.2, -0.15) is 0 Å². The Kier molecular flexibility index (Phi) is 6.27. The average molecular weight is 522 g/mol. The van der Waals surface area contributed by atoms with Crippen LogP contribution in [0, 0.1) is 0 Å². The number of nitrogens with zero attached hydrogens (tertiary/aromatic N) is 3. The van der Waals surface area contributed by atoms with E-state index in [-0.39, 0.29) is 17.6 Å². The topological polar surface area (TPSA) is 83.1 Å². The third kappa shape index (κ3) is 4.96. The number of aromatic nitrogens is 3. The Hall–Kier alpha value is -3.92. The highest BCUT2D eigenvalue weighted by atomic mass is 19.4. The molecule has 0 atom stereocenters. The van der Waals surface area contributed by atoms with Crippen LogP contribution in [0.15, 0.2) is 54.7 Å². The number of likely N-dealkylation sites (tertiary alicyclic amines) is 1. The molecule has 2 aromatic carbocycles. The molecule has 1 saturated heterocycles. The summed E-state index contributed by atoms with van der Waals surface area (Å²) in [5.41, 5.74) is 6.75. The zero-order valence-electron chi connectivity index (χ0n) is 20.5. The molecule has 0 unspecified atom stereocenters. The maximum atomic E-state index is 12.9. The average Bonchev–Trinajstić information content (AvgIpc) is 3.37. The van der Waals surface area contributed by atoms with Crippen LogP contribution in [0.2, 0.25) is 0 Å². The Balaban J connectivity index is 1.16. The molecule has 4 heterocycles. The maximum absolute atomic E-state index is 12.9. The Morgan fingerprint density at radius 2 is 1.82 bits per heavy atom. The first-order chi connectivity index (χ1) is 18.3. The van der Waals surface area contributed by atoms with Gasteiger partial charge in [0.15, 0.2) is 5.65 Å². The molecule has 196 valence electrons. The van der Waals surface area contributed by atoms with E-state index in [2.05, 4.69) is 38.2 Å². The van der Waals surface area contributed by atoms with E-state index in [1.165, 1.54) is 23.3 Å². The van der Waals surface area contributed by atoms with Crippen molar-refractivity contribution >= 4 is 17.1 Å². The van der Waals surface area contributed by atoms with Gasteiger partial charge in [0.2, 0.25) is 0 Å². The van der Waals surface area contributed by atoms with Gasteiger partial charge in [-0.3, -0.25) is 4.79 Å². The quantitative estimate of drug-likeness (QED) is 0.386. The third-order valence-corrected chi connectivity index (χ3v) is 7.34. The molecule has 1 fully saturated rings. The van der Waals surface area contributed by atoms with Crippen molar-refractivity contribution in [1.29, 1.82) is 0 Å². The molecule has 2 N–H and O–H groups in total. The molecule has 7 nitrogen and oxygen atoms in total. The number of hydrogen-bond acceptors (Lipinski definition) is 5. The second-order valence-electron chi connectivity index (χ2n) is 9.73. The summed E-state index contributed by atoms with van der Waals surface area (Å²) >= 11 is 0. The Morgan fingerprint density at radius 3 is 2.58 bits per heavy atom. The van der Waals surface area contributed by atoms with Crippen molar-refractivity contribution in [3.63, 3.8) is 0 Å². The Bertz CT molecular complexity index is 1470. The number of ether oxygens (including phenoxy) is 1. The van der Waals surface area contributed by atoms with Gasteiger partial charge in [-0.1, -0.05) is 12.1 Å². The minimum absolute atomic E-state index is 0.202. The zero-order chi connectivity index (χ0) is 26.3. The van der Waals surface area contributed by atoms with Gasteiger partial charge < -0.3 is 19.9 Å². The molecule has 0 radical (unpaired) electrons. The van der Waals surface area contributed by atoms with Crippen LogP contribution < -0.4 is 10.1 Å². The van der Waals surface area contributed by atoms with Crippen molar-refractivity contribution in [2.75, 3.05) is 19.6 Å². The largest absolute Gasteiger partial charge is 0.573 e. The number of amides is 1. The summed E-state index contributed by atoms with van der Waals surface area (Å²) in [7, 11) is 0. The molecule has 2 aliphatic heterocycles. The maximum Gasteiger partial charge on any atom is 0.573 e. The predicted molar refractivity (Wildman–Crippen MR) is 136 cm³/mol. The van der Waals surface area contributed by atoms with E-state index < -0.39 is 6.36 Å². The van der Waals surface area contributed by atoms with Crippen LogP contribution in [0.4, 0.5) is 13.2 Å². The monoisotopic (exact) mass is 521 g/mol. The summed E-state index contributed by atoms with van der Waals surface area (Å²) in [4.78, 5) is 27.5. The van der Waals surface area contributed by atoms with Gasteiger partial charge in [-0.25, -0.2) is 9.97 Å². The van der Waals surface area contributed by atoms with Crippen molar-refractivity contribution in [2.24, 2.45) is 0 Å². The molecule has 0 spiro atoms. The number of pyridine rings is 1. The number of nitrogens with one attached hydrogen (secondary N) is 2. The zero-order valence-corrected chi connectivity index (χ0v) is 20.5. The van der Waals surface area contributed by atoms with Crippen LogP contribution in [-0.2, 0) is 13.0 Å². The summed E-state index contributed by atoms with van der Waals surface area (Å²) in [5, 5.41) is 3.39. The van der Waals surface area contributed by atoms with Crippen LogP contribution in [0.5, 0.6) is 5.75 Å². The molecule has 0 saturated carbocycles. The van der Waals surface area contributed by atoms with Gasteiger partial charge in [0.25, 0.3) is 5.91 Å². The molecule has 38 heavy (non-hydrogen) atoms. The minimum atomic E-state index is -4.76. The number of imidazole rings is 1. The number of H-pyrrole nitrogens is 1. The van der Waals surface area contributed by atoms with Crippen molar-refractivity contribution in [1.82, 2.24) is 25.2 Å². The summed E-state index contributed by atoms with van der Waals surface area (Å²) in [6.07, 6.45) is -0.461. The van der Waals surface area contributed by atoms with Crippen LogP contribution in [0.3, 0.4) is 0 Å². The van der Waals surface area contributed by atoms with E-state index in [4.69, 9.17) is 4.98 Å². The van der Waals surface area contributed by atoms with E-state index in [1.54, 1.807) is 11.1 Å². The van der Waals surface area contributed by atoms with Crippen LogP contribution in [-0.4, -0.2) is 51.8 Å². The first kappa shape index (κ1) is 24.4. The van der Waals surface area contributed by atoms with Crippen LogP contribution in [0.1, 0.15) is 45.8 Å². The van der Waals surface area contributed by atoms with Crippen molar-refractivity contribution < 1.29 is 22.7 Å². The highest BCUT2D eigenvalue weighted by Gasteiger charge is 2.31. The first-order valence-electron chi connectivity index (χ1n) is 12.7. The fourth-order valence-corrected chi connectivity index (χ4v) is 5.40. The summed E-state index contributed by atoms with van der Waals surface area (Å²) < 4.78 is 41.1. The van der Waals surface area contributed by atoms with E-state index in [0.29, 0.717) is 18.7 Å². The van der Waals surface area contributed by atoms with Crippen molar-refractivity contribution in [2.45, 2.75) is 38.1 Å². The lowest BCUT2D eigenvalue weighted by Gasteiger charge is -2.32. The van der Waals surface area contributed by atoms with E-state index in [0.717, 1.165) is 72.6 Å². The number of carbonyl (C=O) groups excluding carboxylic acids is 1. The lowest BCUT2D eigenvalue weighted by atomic mass is 9.89. The highest BCUT2D eigenvalue weighted by Crippen LogP contribution is 2.34. The first-order valence-corrected chi connectivity index (χ1v) is 12.7. The molecule has 6 rings (SSSR count). The number of alkyl halides is 3. The van der Waals surface area contributed by atoms with Gasteiger partial charge in [0.1, 0.15) is 17.1 Å². The normalized spacial score (nSPS) is 16.4. The standard InChI is InChI=1S/C28H26F3N5O2/c29-28(30,31)38-22-5-3-18(4-6-22)27(37)36-13-9-17(10-14-36)23-8-12-33-26-24(23)34-25(35-26)20-1-2-21-16-32-11-7-19(21)15-20/h1-6,8,12,15,17,32H,7,9-11,13-14,16H2,(H,33,34,35). The number of aromatic amines is 1. The summed E-state index contributed by atoms with van der Waals surface area (Å²) in [5.74, 6) is 0.469. The third-order valence-electron chi connectivity index (χ3n) is 7.34. The molecule has 0 bridgehead atoms. The van der Waals surface area contributed by atoms with Gasteiger partial charge >= 0.3 is 6.36 Å². The lowest BCUT2D eigenvalue weighted by Crippen LogP contribution is -2.38. The minimum Gasteiger partial charge on any atom is -0.406 e. The lowest BCUT2D eigenvalue weighted by molar-refractivity contribution is -0.274. The Morgan fingerprint density at radius 1 is 1.03 bits per heavy atom. The SMILES string of the molecule is O=C(c1ccc(OC(F)(F)F)cc1)N1CCC(c2ccnc3[nH]c(-c4ccc5c(c4)CCNC5)nc23)CC1. The number of benzene rings is 2. The number of fused-ring (bicyclic) bond motifs is 2. The Labute approximate surface area is 217 Å². The van der Waals surface area contributed by atoms with Crippen LogP contribution >= 0.6 is 0 Å². The molecule has 0 aliphatic carbocycles. The van der Waals surface area contributed by atoms with Crippen molar-refractivity contribution in [3.05, 3.63) is 77.0 Å². The second kappa shape index (κ2) is 9.75. The second-order valence-corrected chi connectivity index (χ2v) is 9.73. The molecular weight excluding hydrogens is 495 g/mol. The predicted octanol–water partition coefficient (Wildman–Crippen LogP) is 5.19. The number of piperidine rings is 1. The molecular formula is C28H26F3N5O2. The van der Waals surface area contributed by atoms with Gasteiger partial charge in [0, 0.05) is 37.0 Å².